The van der Waals surface area contributed by atoms with E-state index in [1.54, 1.807) is 6.20 Å². The number of nitrogens with zero attached hydrogens (tertiary/aromatic N) is 2. The zero-order valence-electron chi connectivity index (χ0n) is 9.63. The number of nitrogens with two attached hydrogens (primary N) is 1. The molecule has 0 bridgehead atoms. The van der Waals surface area contributed by atoms with Crippen LogP contribution < -0.4 is 11.1 Å². The number of hydrogen-bond donors (Lipinski definition) is 3. The monoisotopic (exact) mass is 242 g/mol. The Morgan fingerprint density at radius 2 is 2.41 bits per heavy atom. The van der Waals surface area contributed by atoms with Crippen LogP contribution in [0.3, 0.4) is 0 Å². The Hall–Kier alpha value is -1.60. The van der Waals surface area contributed by atoms with E-state index < -0.39 is 0 Å². The highest BCUT2D eigenvalue weighted by molar-refractivity contribution is 5.75. The SMILES string of the molecule is Nc1cnn(CC(=O)NCCCOCCO)c1. The van der Waals surface area contributed by atoms with Crippen molar-refractivity contribution in [1.29, 1.82) is 0 Å². The first-order valence-electron chi connectivity index (χ1n) is 5.45. The Morgan fingerprint density at radius 3 is 3.06 bits per heavy atom. The maximum atomic E-state index is 11.4. The molecule has 1 heterocycles. The van der Waals surface area contributed by atoms with Gasteiger partial charge in [-0.25, -0.2) is 0 Å². The van der Waals surface area contributed by atoms with Gasteiger partial charge in [0.05, 0.1) is 25.1 Å². The van der Waals surface area contributed by atoms with Crippen LogP contribution in [0, 0.1) is 0 Å². The molecule has 0 aliphatic carbocycles. The first-order valence-corrected chi connectivity index (χ1v) is 5.45. The molecule has 1 amide bonds. The van der Waals surface area contributed by atoms with Crippen molar-refractivity contribution in [2.24, 2.45) is 0 Å². The van der Waals surface area contributed by atoms with Crippen LogP contribution in [0.4, 0.5) is 5.69 Å². The first kappa shape index (κ1) is 13.5. The summed E-state index contributed by atoms with van der Waals surface area (Å²) in [5.74, 6) is -0.116. The number of ether oxygens (including phenoxy) is 1. The normalized spacial score (nSPS) is 10.4. The van der Waals surface area contributed by atoms with Gasteiger partial charge in [-0.15, -0.1) is 0 Å². The Morgan fingerprint density at radius 1 is 1.59 bits per heavy atom. The van der Waals surface area contributed by atoms with E-state index >= 15 is 0 Å². The van der Waals surface area contributed by atoms with E-state index in [1.165, 1.54) is 10.9 Å². The second kappa shape index (κ2) is 7.64. The van der Waals surface area contributed by atoms with Gasteiger partial charge in [-0.3, -0.25) is 9.48 Å². The fourth-order valence-electron chi connectivity index (χ4n) is 1.24. The van der Waals surface area contributed by atoms with Crippen molar-refractivity contribution in [3.63, 3.8) is 0 Å². The number of anilines is 1. The molecule has 1 aromatic rings. The van der Waals surface area contributed by atoms with Crippen molar-refractivity contribution < 1.29 is 14.6 Å². The van der Waals surface area contributed by atoms with Crippen LogP contribution in [-0.4, -0.2) is 47.2 Å². The largest absolute Gasteiger partial charge is 0.396 e. The van der Waals surface area contributed by atoms with Gasteiger partial charge in [-0.2, -0.15) is 5.10 Å². The van der Waals surface area contributed by atoms with E-state index in [0.29, 0.717) is 31.9 Å². The summed E-state index contributed by atoms with van der Waals surface area (Å²) in [4.78, 5) is 11.4. The number of hydrogen-bond acceptors (Lipinski definition) is 5. The maximum absolute atomic E-state index is 11.4. The third-order valence-electron chi connectivity index (χ3n) is 1.98. The predicted octanol–water partition coefficient (Wildman–Crippen LogP) is -1.02. The van der Waals surface area contributed by atoms with Crippen LogP contribution in [0.1, 0.15) is 6.42 Å². The molecule has 1 rings (SSSR count). The number of aromatic nitrogens is 2. The van der Waals surface area contributed by atoms with Crippen LogP contribution in [0.5, 0.6) is 0 Å². The predicted molar refractivity (Wildman–Crippen MR) is 62.2 cm³/mol. The topological polar surface area (TPSA) is 102 Å². The van der Waals surface area contributed by atoms with Crippen molar-refractivity contribution in [2.75, 3.05) is 32.1 Å². The smallest absolute Gasteiger partial charge is 0.241 e. The van der Waals surface area contributed by atoms with Crippen molar-refractivity contribution in [3.8, 4) is 0 Å². The molecular formula is C10H18N4O3. The van der Waals surface area contributed by atoms with Gasteiger partial charge in [0.25, 0.3) is 0 Å². The van der Waals surface area contributed by atoms with Crippen LogP contribution in [0.15, 0.2) is 12.4 Å². The van der Waals surface area contributed by atoms with E-state index in [-0.39, 0.29) is 19.1 Å². The maximum Gasteiger partial charge on any atom is 0.241 e. The Labute approximate surface area is 99.6 Å². The number of rotatable bonds is 8. The molecule has 0 fully saturated rings. The quantitative estimate of drug-likeness (QED) is 0.506. The van der Waals surface area contributed by atoms with Gasteiger partial charge in [-0.1, -0.05) is 0 Å². The van der Waals surface area contributed by atoms with Gasteiger partial charge >= 0.3 is 0 Å². The van der Waals surface area contributed by atoms with E-state index in [1.807, 2.05) is 0 Å². The number of nitrogen functional groups attached to an aromatic ring is 1. The van der Waals surface area contributed by atoms with Crippen LogP contribution in [0.25, 0.3) is 0 Å². The molecule has 0 saturated heterocycles. The molecule has 0 aliphatic heterocycles. The van der Waals surface area contributed by atoms with Crippen molar-refractivity contribution in [2.45, 2.75) is 13.0 Å². The Kier molecular flexibility index (Phi) is 6.05. The first-order chi connectivity index (χ1) is 8.22. The molecule has 0 spiro atoms. The lowest BCUT2D eigenvalue weighted by atomic mass is 10.4. The standard InChI is InChI=1S/C10H18N4O3/c11-9-6-13-14(7-9)8-10(16)12-2-1-4-17-5-3-15/h6-7,15H,1-5,8,11H2,(H,12,16). The van der Waals surface area contributed by atoms with Crippen molar-refractivity contribution in [3.05, 3.63) is 12.4 Å². The molecule has 96 valence electrons. The highest BCUT2D eigenvalue weighted by atomic mass is 16.5. The lowest BCUT2D eigenvalue weighted by molar-refractivity contribution is -0.121. The fourth-order valence-corrected chi connectivity index (χ4v) is 1.24. The zero-order chi connectivity index (χ0) is 12.5. The van der Waals surface area contributed by atoms with E-state index in [2.05, 4.69) is 10.4 Å². The average molecular weight is 242 g/mol. The summed E-state index contributed by atoms with van der Waals surface area (Å²) in [6, 6.07) is 0. The number of aliphatic hydroxyl groups excluding tert-OH is 1. The molecule has 4 N–H and O–H groups in total. The molecule has 0 unspecified atom stereocenters. The molecular weight excluding hydrogens is 224 g/mol. The molecule has 0 atom stereocenters. The lowest BCUT2D eigenvalue weighted by Gasteiger charge is -2.05. The molecule has 0 saturated carbocycles. The lowest BCUT2D eigenvalue weighted by Crippen LogP contribution is -2.29. The van der Waals surface area contributed by atoms with Crippen LogP contribution in [-0.2, 0) is 16.1 Å². The Balaban J connectivity index is 2.05. The van der Waals surface area contributed by atoms with Crippen LogP contribution in [0.2, 0.25) is 0 Å². The molecule has 0 radical (unpaired) electrons. The van der Waals surface area contributed by atoms with Crippen LogP contribution >= 0.6 is 0 Å². The number of carbonyl (C=O) groups is 1. The van der Waals surface area contributed by atoms with Crippen molar-refractivity contribution in [1.82, 2.24) is 15.1 Å². The van der Waals surface area contributed by atoms with E-state index in [4.69, 9.17) is 15.6 Å². The molecule has 7 nitrogen and oxygen atoms in total. The second-order valence-electron chi connectivity index (χ2n) is 3.51. The third kappa shape index (κ3) is 5.88. The molecule has 17 heavy (non-hydrogen) atoms. The van der Waals surface area contributed by atoms with Gasteiger partial charge in [0, 0.05) is 19.3 Å². The zero-order valence-corrected chi connectivity index (χ0v) is 9.63. The summed E-state index contributed by atoms with van der Waals surface area (Å²) in [6.45, 7) is 1.58. The summed E-state index contributed by atoms with van der Waals surface area (Å²) in [5.41, 5.74) is 6.01. The molecule has 1 aromatic heterocycles. The average Bonchev–Trinajstić information content (AvgIpc) is 2.69. The van der Waals surface area contributed by atoms with Gasteiger partial charge in [0.15, 0.2) is 0 Å². The third-order valence-corrected chi connectivity index (χ3v) is 1.98. The minimum atomic E-state index is -0.116. The summed E-state index contributed by atoms with van der Waals surface area (Å²) < 4.78 is 6.53. The van der Waals surface area contributed by atoms with E-state index in [9.17, 15) is 4.79 Å². The van der Waals surface area contributed by atoms with Gasteiger partial charge in [-0.05, 0) is 6.42 Å². The molecule has 0 aliphatic rings. The van der Waals surface area contributed by atoms with Gasteiger partial charge in [0.1, 0.15) is 6.54 Å². The fraction of sp³-hybridized carbons (Fsp3) is 0.600. The minimum Gasteiger partial charge on any atom is -0.396 e. The highest BCUT2D eigenvalue weighted by Gasteiger charge is 2.02. The summed E-state index contributed by atoms with van der Waals surface area (Å²) in [6.07, 6.45) is 3.81. The molecule has 0 aromatic carbocycles. The van der Waals surface area contributed by atoms with Gasteiger partial charge in [0.2, 0.25) is 5.91 Å². The van der Waals surface area contributed by atoms with Gasteiger partial charge < -0.3 is 20.9 Å². The summed E-state index contributed by atoms with van der Waals surface area (Å²) in [7, 11) is 0. The second-order valence-corrected chi connectivity index (χ2v) is 3.51. The Bertz CT molecular complexity index is 340. The highest BCUT2D eigenvalue weighted by Crippen LogP contribution is 1.96. The summed E-state index contributed by atoms with van der Waals surface area (Å²) >= 11 is 0. The number of amides is 1. The molecule has 7 heteroatoms. The van der Waals surface area contributed by atoms with E-state index in [0.717, 1.165) is 0 Å². The number of aliphatic hydroxyl groups is 1. The summed E-state index contributed by atoms with van der Waals surface area (Å²) in [5, 5.41) is 15.1. The number of carbonyl (C=O) groups excluding carboxylic acids is 1. The number of nitrogens with one attached hydrogen (secondary N) is 1. The van der Waals surface area contributed by atoms with Crippen molar-refractivity contribution >= 4 is 11.6 Å². The minimum absolute atomic E-state index is 0.0209.